The predicted molar refractivity (Wildman–Crippen MR) is 70.2 cm³/mol. The zero-order chi connectivity index (χ0) is 13.7. The molecule has 0 heterocycles. The van der Waals surface area contributed by atoms with Crippen LogP contribution in [0.5, 0.6) is 0 Å². The maximum atomic E-state index is 12.0. The van der Waals surface area contributed by atoms with E-state index in [0.717, 1.165) is 0 Å². The molecule has 2 unspecified atom stereocenters. The molecular weight excluding hydrogens is 230 g/mol. The molecule has 2 N–H and O–H groups in total. The van der Waals surface area contributed by atoms with Crippen LogP contribution in [0.3, 0.4) is 0 Å². The van der Waals surface area contributed by atoms with Crippen molar-refractivity contribution in [3.8, 4) is 0 Å². The van der Waals surface area contributed by atoms with E-state index in [1.54, 1.807) is 31.2 Å². The van der Waals surface area contributed by atoms with Gasteiger partial charge < -0.3 is 10.4 Å². The fourth-order valence-corrected chi connectivity index (χ4v) is 1.70. The van der Waals surface area contributed by atoms with Gasteiger partial charge in [-0.15, -0.1) is 0 Å². The highest BCUT2D eigenvalue weighted by Crippen LogP contribution is 2.22. The molecule has 1 rings (SSSR count). The molecule has 0 aliphatic heterocycles. The zero-order valence-electron chi connectivity index (χ0n) is 10.9. The number of nitrogens with one attached hydrogen (secondary N) is 1. The van der Waals surface area contributed by atoms with E-state index in [1.807, 2.05) is 19.9 Å². The van der Waals surface area contributed by atoms with Gasteiger partial charge in [0, 0.05) is 5.69 Å². The summed E-state index contributed by atoms with van der Waals surface area (Å²) in [5, 5.41) is 11.8. The van der Waals surface area contributed by atoms with Crippen molar-refractivity contribution in [2.45, 2.75) is 20.8 Å². The molecule has 4 nitrogen and oxygen atoms in total. The lowest BCUT2D eigenvalue weighted by molar-refractivity contribution is -0.148. The number of carbonyl (C=O) groups is 2. The van der Waals surface area contributed by atoms with Gasteiger partial charge in [0.15, 0.2) is 0 Å². The molecule has 0 spiro atoms. The van der Waals surface area contributed by atoms with E-state index in [0.29, 0.717) is 5.69 Å². The van der Waals surface area contributed by atoms with Crippen molar-refractivity contribution in [1.29, 1.82) is 0 Å². The normalized spacial score (nSPS) is 14.0. The number of anilines is 1. The number of aliphatic carboxylic acids is 1. The van der Waals surface area contributed by atoms with Crippen LogP contribution in [0.15, 0.2) is 30.3 Å². The minimum atomic E-state index is -1.08. The Kier molecular flexibility index (Phi) is 4.89. The Labute approximate surface area is 107 Å². The second-order valence-electron chi connectivity index (χ2n) is 4.77. The van der Waals surface area contributed by atoms with Gasteiger partial charge >= 0.3 is 5.97 Å². The van der Waals surface area contributed by atoms with Crippen molar-refractivity contribution in [1.82, 2.24) is 0 Å². The molecule has 1 aromatic rings. The third kappa shape index (κ3) is 3.58. The topological polar surface area (TPSA) is 66.4 Å². The fourth-order valence-electron chi connectivity index (χ4n) is 1.70. The van der Waals surface area contributed by atoms with Crippen LogP contribution in [0.2, 0.25) is 0 Å². The monoisotopic (exact) mass is 249 g/mol. The second-order valence-corrected chi connectivity index (χ2v) is 4.77. The lowest BCUT2D eigenvalue weighted by Crippen LogP contribution is -2.36. The van der Waals surface area contributed by atoms with Gasteiger partial charge in [-0.25, -0.2) is 0 Å². The molecule has 1 amide bonds. The minimum absolute atomic E-state index is 0.132. The van der Waals surface area contributed by atoms with Gasteiger partial charge in [0.1, 0.15) is 5.92 Å². The van der Waals surface area contributed by atoms with Crippen LogP contribution in [-0.4, -0.2) is 17.0 Å². The Hall–Kier alpha value is -1.84. The van der Waals surface area contributed by atoms with Crippen molar-refractivity contribution >= 4 is 17.6 Å². The molecule has 0 aliphatic rings. The van der Waals surface area contributed by atoms with Crippen molar-refractivity contribution in [3.63, 3.8) is 0 Å². The van der Waals surface area contributed by atoms with Crippen LogP contribution >= 0.6 is 0 Å². The molecule has 4 heteroatoms. The molecule has 0 fully saturated rings. The molecule has 18 heavy (non-hydrogen) atoms. The van der Waals surface area contributed by atoms with E-state index >= 15 is 0 Å². The van der Waals surface area contributed by atoms with Crippen LogP contribution in [0.25, 0.3) is 0 Å². The molecule has 1 aromatic carbocycles. The fraction of sp³-hybridized carbons (Fsp3) is 0.429. The van der Waals surface area contributed by atoms with Crippen LogP contribution < -0.4 is 5.32 Å². The number of rotatable bonds is 5. The number of carboxylic acids is 1. The van der Waals surface area contributed by atoms with E-state index in [4.69, 9.17) is 0 Å². The Morgan fingerprint density at radius 3 is 2.11 bits per heavy atom. The van der Waals surface area contributed by atoms with E-state index < -0.39 is 17.8 Å². The Morgan fingerprint density at radius 1 is 1.11 bits per heavy atom. The molecule has 0 saturated carbocycles. The third-order valence-corrected chi connectivity index (χ3v) is 3.17. The Balaban J connectivity index is 2.81. The summed E-state index contributed by atoms with van der Waals surface area (Å²) in [5.41, 5.74) is 0.615. The van der Waals surface area contributed by atoms with Gasteiger partial charge in [0.25, 0.3) is 0 Å². The number of amides is 1. The molecule has 0 saturated heterocycles. The summed E-state index contributed by atoms with van der Waals surface area (Å²) in [6, 6.07) is 8.88. The summed E-state index contributed by atoms with van der Waals surface area (Å²) in [6.45, 7) is 5.61. The number of carbonyl (C=O) groups excluding carboxylic acids is 1. The summed E-state index contributed by atoms with van der Waals surface area (Å²) < 4.78 is 0. The molecule has 0 aromatic heterocycles. The van der Waals surface area contributed by atoms with Crippen LogP contribution in [0.1, 0.15) is 20.8 Å². The lowest BCUT2D eigenvalue weighted by atomic mass is 9.84. The number of hydrogen-bond donors (Lipinski definition) is 2. The summed E-state index contributed by atoms with van der Waals surface area (Å²) in [6.07, 6.45) is 0. The standard InChI is InChI=1S/C14H19NO3/c1-9(2)10(3)12(14(17)18)13(16)15-11-7-5-4-6-8-11/h4-10,12H,1-3H3,(H,15,16)(H,17,18). The van der Waals surface area contributed by atoms with E-state index in [9.17, 15) is 14.7 Å². The first-order valence-electron chi connectivity index (χ1n) is 6.02. The first-order valence-corrected chi connectivity index (χ1v) is 6.02. The van der Waals surface area contributed by atoms with Gasteiger partial charge in [-0.3, -0.25) is 9.59 Å². The SMILES string of the molecule is CC(C)C(C)C(C(=O)O)C(=O)Nc1ccccc1. The molecular formula is C14H19NO3. The highest BCUT2D eigenvalue weighted by Gasteiger charge is 2.33. The number of para-hydroxylation sites is 1. The average Bonchev–Trinajstić information content (AvgIpc) is 2.29. The summed E-state index contributed by atoms with van der Waals surface area (Å²) in [4.78, 5) is 23.2. The van der Waals surface area contributed by atoms with Crippen LogP contribution in [0, 0.1) is 17.8 Å². The summed E-state index contributed by atoms with van der Waals surface area (Å²) in [7, 11) is 0. The Morgan fingerprint density at radius 2 is 1.67 bits per heavy atom. The van der Waals surface area contributed by atoms with Crippen LogP contribution in [0.4, 0.5) is 5.69 Å². The van der Waals surface area contributed by atoms with E-state index in [1.165, 1.54) is 0 Å². The lowest BCUT2D eigenvalue weighted by Gasteiger charge is -2.22. The molecule has 0 bridgehead atoms. The smallest absolute Gasteiger partial charge is 0.316 e. The van der Waals surface area contributed by atoms with Gasteiger partial charge in [0.05, 0.1) is 0 Å². The van der Waals surface area contributed by atoms with Crippen molar-refractivity contribution in [2.24, 2.45) is 17.8 Å². The number of benzene rings is 1. The molecule has 0 aliphatic carbocycles. The summed E-state index contributed by atoms with van der Waals surface area (Å²) >= 11 is 0. The van der Waals surface area contributed by atoms with Gasteiger partial charge in [-0.1, -0.05) is 39.0 Å². The number of hydrogen-bond acceptors (Lipinski definition) is 2. The van der Waals surface area contributed by atoms with E-state index in [-0.39, 0.29) is 11.8 Å². The third-order valence-electron chi connectivity index (χ3n) is 3.17. The maximum absolute atomic E-state index is 12.0. The van der Waals surface area contributed by atoms with Crippen molar-refractivity contribution < 1.29 is 14.7 Å². The minimum Gasteiger partial charge on any atom is -0.481 e. The average molecular weight is 249 g/mol. The van der Waals surface area contributed by atoms with Gasteiger partial charge in [-0.2, -0.15) is 0 Å². The molecule has 98 valence electrons. The van der Waals surface area contributed by atoms with E-state index in [2.05, 4.69) is 5.32 Å². The molecule has 0 radical (unpaired) electrons. The van der Waals surface area contributed by atoms with Crippen molar-refractivity contribution in [3.05, 3.63) is 30.3 Å². The maximum Gasteiger partial charge on any atom is 0.316 e. The predicted octanol–water partition coefficient (Wildman–Crippen LogP) is 2.62. The zero-order valence-corrected chi connectivity index (χ0v) is 10.9. The highest BCUT2D eigenvalue weighted by atomic mass is 16.4. The quantitative estimate of drug-likeness (QED) is 0.788. The van der Waals surface area contributed by atoms with Crippen molar-refractivity contribution in [2.75, 3.05) is 5.32 Å². The first-order chi connectivity index (χ1) is 8.43. The Bertz CT molecular complexity index is 414. The highest BCUT2D eigenvalue weighted by molar-refractivity contribution is 6.04. The second kappa shape index (κ2) is 6.19. The van der Waals surface area contributed by atoms with Crippen LogP contribution in [-0.2, 0) is 9.59 Å². The number of carboxylic acid groups (broad SMARTS) is 1. The van der Waals surface area contributed by atoms with Gasteiger partial charge in [-0.05, 0) is 24.0 Å². The first kappa shape index (κ1) is 14.2. The largest absolute Gasteiger partial charge is 0.481 e. The van der Waals surface area contributed by atoms with Gasteiger partial charge in [0.2, 0.25) is 5.91 Å². The summed E-state index contributed by atoms with van der Waals surface area (Å²) in [5.74, 6) is -2.65. The molecule has 2 atom stereocenters.